The summed E-state index contributed by atoms with van der Waals surface area (Å²) in [4.78, 5) is 23.2. The first-order chi connectivity index (χ1) is 7.72. The van der Waals surface area contributed by atoms with Crippen LogP contribution >= 0.6 is 0 Å². The van der Waals surface area contributed by atoms with Crippen LogP contribution in [-0.4, -0.2) is 18.4 Å². The van der Waals surface area contributed by atoms with Crippen molar-refractivity contribution >= 4 is 11.8 Å². The van der Waals surface area contributed by atoms with Crippen LogP contribution in [-0.2, 0) is 14.3 Å². The van der Waals surface area contributed by atoms with E-state index in [2.05, 4.69) is 0 Å². The van der Waals surface area contributed by atoms with E-state index in [0.29, 0.717) is 12.5 Å². The molecule has 0 saturated heterocycles. The van der Waals surface area contributed by atoms with Crippen LogP contribution in [0.1, 0.15) is 39.0 Å². The Morgan fingerprint density at radius 2 is 2.31 bits per heavy atom. The summed E-state index contributed by atoms with van der Waals surface area (Å²) in [5, 5.41) is 0. The van der Waals surface area contributed by atoms with Crippen molar-refractivity contribution in [2.75, 3.05) is 6.61 Å². The summed E-state index contributed by atoms with van der Waals surface area (Å²) >= 11 is 0. The van der Waals surface area contributed by atoms with Crippen molar-refractivity contribution in [1.29, 1.82) is 0 Å². The van der Waals surface area contributed by atoms with E-state index in [1.807, 2.05) is 0 Å². The maximum absolute atomic E-state index is 11.8. The van der Waals surface area contributed by atoms with Gasteiger partial charge in [0, 0.05) is 5.92 Å². The quantitative estimate of drug-likeness (QED) is 0.688. The summed E-state index contributed by atoms with van der Waals surface area (Å²) in [6.07, 6.45) is 6.48. The Bertz CT molecular complexity index is 330. The van der Waals surface area contributed by atoms with E-state index in [1.165, 1.54) is 18.4 Å². The van der Waals surface area contributed by atoms with Gasteiger partial charge in [-0.25, -0.2) is 0 Å². The predicted octanol–water partition coefficient (Wildman–Crippen LogP) is 2.26. The smallest absolute Gasteiger partial charge is 0.306 e. The Hall–Kier alpha value is -1.12. The fourth-order valence-electron chi connectivity index (χ4n) is 2.83. The van der Waals surface area contributed by atoms with Gasteiger partial charge in [-0.1, -0.05) is 12.0 Å². The Morgan fingerprint density at radius 1 is 1.50 bits per heavy atom. The largest absolute Gasteiger partial charge is 0.466 e. The zero-order valence-electron chi connectivity index (χ0n) is 9.70. The standard InChI is InChI=1S/C13H18O3/c1-2-16-13(15)8-11-10-6-4-3-5-9(10)7-12(11)14/h7,10-11H,2-6,8H2,1H3/t10-,11+/m1/s1. The van der Waals surface area contributed by atoms with E-state index in [9.17, 15) is 9.59 Å². The predicted molar refractivity (Wildman–Crippen MR) is 59.8 cm³/mol. The minimum absolute atomic E-state index is 0.130. The SMILES string of the molecule is CCOC(=O)C[C@@H]1C(=O)C=C2CCCC[C@H]21. The fourth-order valence-corrected chi connectivity index (χ4v) is 2.83. The van der Waals surface area contributed by atoms with Crippen LogP contribution in [0.25, 0.3) is 0 Å². The third-order valence-electron chi connectivity index (χ3n) is 3.58. The zero-order valence-corrected chi connectivity index (χ0v) is 9.70. The molecule has 0 radical (unpaired) electrons. The lowest BCUT2D eigenvalue weighted by molar-refractivity contribution is -0.146. The van der Waals surface area contributed by atoms with E-state index < -0.39 is 0 Å². The van der Waals surface area contributed by atoms with Crippen LogP contribution in [0, 0.1) is 11.8 Å². The number of ether oxygens (including phenoxy) is 1. The summed E-state index contributed by atoms with van der Waals surface area (Å²) in [5.41, 5.74) is 1.27. The molecule has 3 heteroatoms. The average molecular weight is 222 g/mol. The normalized spacial score (nSPS) is 28.6. The van der Waals surface area contributed by atoms with Crippen molar-refractivity contribution in [3.63, 3.8) is 0 Å². The third kappa shape index (κ3) is 2.18. The number of fused-ring (bicyclic) bond motifs is 1. The van der Waals surface area contributed by atoms with Crippen LogP contribution in [0.3, 0.4) is 0 Å². The fraction of sp³-hybridized carbons (Fsp3) is 0.692. The Kier molecular flexibility index (Phi) is 3.42. The summed E-state index contributed by atoms with van der Waals surface area (Å²) in [7, 11) is 0. The van der Waals surface area contributed by atoms with Gasteiger partial charge in [0.25, 0.3) is 0 Å². The van der Waals surface area contributed by atoms with Crippen LogP contribution in [0.5, 0.6) is 0 Å². The molecule has 2 atom stereocenters. The number of carbonyl (C=O) groups excluding carboxylic acids is 2. The molecule has 2 aliphatic rings. The van der Waals surface area contributed by atoms with E-state index >= 15 is 0 Å². The van der Waals surface area contributed by atoms with E-state index in [1.54, 1.807) is 13.0 Å². The molecule has 3 nitrogen and oxygen atoms in total. The number of carbonyl (C=O) groups is 2. The zero-order chi connectivity index (χ0) is 11.5. The van der Waals surface area contributed by atoms with Gasteiger partial charge in [-0.3, -0.25) is 9.59 Å². The molecule has 0 aromatic rings. The molecule has 2 rings (SSSR count). The highest BCUT2D eigenvalue weighted by atomic mass is 16.5. The second kappa shape index (κ2) is 4.81. The molecule has 0 amide bonds. The number of hydrogen-bond donors (Lipinski definition) is 0. The Morgan fingerprint density at radius 3 is 3.06 bits per heavy atom. The lowest BCUT2D eigenvalue weighted by atomic mass is 9.79. The molecule has 0 N–H and O–H groups in total. The molecule has 0 aliphatic heterocycles. The summed E-state index contributed by atoms with van der Waals surface area (Å²) in [5.74, 6) is 0.0935. The number of allylic oxidation sites excluding steroid dienone is 2. The van der Waals surface area contributed by atoms with Crippen LogP contribution < -0.4 is 0 Å². The number of ketones is 1. The maximum Gasteiger partial charge on any atom is 0.306 e. The first-order valence-corrected chi connectivity index (χ1v) is 6.12. The summed E-state index contributed by atoms with van der Waals surface area (Å²) < 4.78 is 4.92. The molecule has 0 heterocycles. The second-order valence-corrected chi connectivity index (χ2v) is 4.59. The highest BCUT2D eigenvalue weighted by Gasteiger charge is 2.38. The molecule has 1 fully saturated rings. The molecular weight excluding hydrogens is 204 g/mol. The summed E-state index contributed by atoms with van der Waals surface area (Å²) in [6, 6.07) is 0. The first kappa shape index (κ1) is 11.4. The molecule has 2 aliphatic carbocycles. The first-order valence-electron chi connectivity index (χ1n) is 6.12. The average Bonchev–Trinajstić information content (AvgIpc) is 2.56. The van der Waals surface area contributed by atoms with Gasteiger partial charge in [-0.2, -0.15) is 0 Å². The maximum atomic E-state index is 11.8. The van der Waals surface area contributed by atoms with E-state index in [0.717, 1.165) is 12.8 Å². The van der Waals surface area contributed by atoms with Crippen LogP contribution in [0.15, 0.2) is 11.6 Å². The number of esters is 1. The third-order valence-corrected chi connectivity index (χ3v) is 3.58. The molecule has 1 saturated carbocycles. The number of hydrogen-bond acceptors (Lipinski definition) is 3. The van der Waals surface area contributed by atoms with Crippen molar-refractivity contribution in [2.24, 2.45) is 11.8 Å². The molecule has 16 heavy (non-hydrogen) atoms. The van der Waals surface area contributed by atoms with Gasteiger partial charge < -0.3 is 4.74 Å². The molecular formula is C13H18O3. The van der Waals surface area contributed by atoms with E-state index in [4.69, 9.17) is 4.74 Å². The van der Waals surface area contributed by atoms with Gasteiger partial charge >= 0.3 is 5.97 Å². The molecule has 88 valence electrons. The lowest BCUT2D eigenvalue weighted by Crippen LogP contribution is -2.23. The Balaban J connectivity index is 2.00. The Labute approximate surface area is 95.9 Å². The topological polar surface area (TPSA) is 43.4 Å². The molecule has 0 bridgehead atoms. The molecule has 0 aromatic carbocycles. The second-order valence-electron chi connectivity index (χ2n) is 4.59. The van der Waals surface area contributed by atoms with Gasteiger partial charge in [-0.15, -0.1) is 0 Å². The van der Waals surface area contributed by atoms with Crippen molar-refractivity contribution in [2.45, 2.75) is 39.0 Å². The number of rotatable bonds is 3. The highest BCUT2D eigenvalue weighted by molar-refractivity contribution is 5.97. The van der Waals surface area contributed by atoms with Gasteiger partial charge in [-0.05, 0) is 38.2 Å². The van der Waals surface area contributed by atoms with Gasteiger partial charge in [0.1, 0.15) is 0 Å². The monoisotopic (exact) mass is 222 g/mol. The highest BCUT2D eigenvalue weighted by Crippen LogP contribution is 2.41. The van der Waals surface area contributed by atoms with Crippen molar-refractivity contribution < 1.29 is 14.3 Å². The minimum Gasteiger partial charge on any atom is -0.466 e. The van der Waals surface area contributed by atoms with Crippen molar-refractivity contribution in [1.82, 2.24) is 0 Å². The minimum atomic E-state index is -0.235. The van der Waals surface area contributed by atoms with Crippen molar-refractivity contribution in [3.8, 4) is 0 Å². The van der Waals surface area contributed by atoms with Crippen LogP contribution in [0.2, 0.25) is 0 Å². The summed E-state index contributed by atoms with van der Waals surface area (Å²) in [6.45, 7) is 2.18. The van der Waals surface area contributed by atoms with Gasteiger partial charge in [0.15, 0.2) is 5.78 Å². The molecule has 0 aromatic heterocycles. The van der Waals surface area contributed by atoms with Gasteiger partial charge in [0.05, 0.1) is 13.0 Å². The molecule has 0 unspecified atom stereocenters. The van der Waals surface area contributed by atoms with Gasteiger partial charge in [0.2, 0.25) is 0 Å². The molecule has 0 spiro atoms. The van der Waals surface area contributed by atoms with Crippen molar-refractivity contribution in [3.05, 3.63) is 11.6 Å². The van der Waals surface area contributed by atoms with E-state index in [-0.39, 0.29) is 24.1 Å². The van der Waals surface area contributed by atoms with Crippen LogP contribution in [0.4, 0.5) is 0 Å². The lowest BCUT2D eigenvalue weighted by Gasteiger charge is -2.25.